The Morgan fingerprint density at radius 2 is 2.13 bits per heavy atom. The molecule has 0 bridgehead atoms. The minimum atomic E-state index is -0.701. The molecule has 2 aliphatic heterocycles. The normalized spacial score (nSPS) is 32.1. The fourth-order valence-electron chi connectivity index (χ4n) is 4.50. The van der Waals surface area contributed by atoms with Gasteiger partial charge in [0.05, 0.1) is 12.3 Å². The summed E-state index contributed by atoms with van der Waals surface area (Å²) >= 11 is 0. The van der Waals surface area contributed by atoms with Crippen molar-refractivity contribution in [1.29, 1.82) is 0 Å². The summed E-state index contributed by atoms with van der Waals surface area (Å²) in [5, 5.41) is 9.16. The van der Waals surface area contributed by atoms with Crippen molar-refractivity contribution in [1.82, 2.24) is 14.5 Å². The van der Waals surface area contributed by atoms with E-state index in [1.807, 2.05) is 11.1 Å². The highest BCUT2D eigenvalue weighted by Crippen LogP contribution is 2.51. The second kappa shape index (κ2) is 5.35. The van der Waals surface area contributed by atoms with Crippen LogP contribution in [0.2, 0.25) is 0 Å². The Labute approximate surface area is 135 Å². The van der Waals surface area contributed by atoms with Crippen molar-refractivity contribution in [2.24, 2.45) is 17.8 Å². The van der Waals surface area contributed by atoms with Gasteiger partial charge in [0.2, 0.25) is 5.91 Å². The zero-order valence-corrected chi connectivity index (χ0v) is 13.4. The van der Waals surface area contributed by atoms with Gasteiger partial charge in [-0.2, -0.15) is 0 Å². The van der Waals surface area contributed by atoms with E-state index in [0.717, 1.165) is 37.3 Å². The predicted octanol–water partition coefficient (Wildman–Crippen LogP) is 1.50. The van der Waals surface area contributed by atoms with E-state index in [0.29, 0.717) is 31.3 Å². The van der Waals surface area contributed by atoms with Gasteiger partial charge >= 0.3 is 5.97 Å². The van der Waals surface area contributed by atoms with Crippen LogP contribution in [-0.2, 0) is 22.6 Å². The van der Waals surface area contributed by atoms with Crippen molar-refractivity contribution < 1.29 is 14.7 Å². The van der Waals surface area contributed by atoms with E-state index in [1.54, 1.807) is 0 Å². The Hall–Kier alpha value is -1.85. The molecule has 3 heterocycles. The number of piperidine rings is 1. The van der Waals surface area contributed by atoms with Crippen molar-refractivity contribution in [3.8, 4) is 0 Å². The molecule has 1 unspecified atom stereocenters. The molecule has 4 atom stereocenters. The standard InChI is InChI=1S/C17H23N3O3/c1-10-3-2-5-20-11(8-18-16(10)20)7-14(21)19-6-4-12-13(9-19)15(12)17(22)23/h8,10,12-13,15H,2-7,9H2,1H3,(H,22,23)/t10?,12-,13+,15-/m0/s1. The van der Waals surface area contributed by atoms with Crippen LogP contribution in [-0.4, -0.2) is 44.5 Å². The molecule has 1 N–H and O–H groups in total. The van der Waals surface area contributed by atoms with Crippen LogP contribution in [0.15, 0.2) is 6.20 Å². The summed E-state index contributed by atoms with van der Waals surface area (Å²) in [6, 6.07) is 0. The Kier molecular flexibility index (Phi) is 3.43. The Balaban J connectivity index is 1.42. The summed E-state index contributed by atoms with van der Waals surface area (Å²) in [5.41, 5.74) is 1.00. The highest BCUT2D eigenvalue weighted by Gasteiger charge is 2.57. The lowest BCUT2D eigenvalue weighted by Crippen LogP contribution is -2.38. The fourth-order valence-corrected chi connectivity index (χ4v) is 4.50. The van der Waals surface area contributed by atoms with Gasteiger partial charge in [-0.05, 0) is 31.1 Å². The lowest BCUT2D eigenvalue weighted by Gasteiger charge is -2.27. The number of nitrogens with zero attached hydrogens (tertiary/aromatic N) is 3. The molecule has 1 aromatic rings. The minimum absolute atomic E-state index is 0.111. The molecule has 6 heteroatoms. The van der Waals surface area contributed by atoms with Crippen LogP contribution in [0.25, 0.3) is 0 Å². The van der Waals surface area contributed by atoms with E-state index in [4.69, 9.17) is 5.11 Å². The third-order valence-electron chi connectivity index (χ3n) is 5.89. The number of likely N-dealkylation sites (tertiary alicyclic amines) is 1. The minimum Gasteiger partial charge on any atom is -0.481 e. The molecule has 3 aliphatic rings. The molecular formula is C17H23N3O3. The number of carbonyl (C=O) groups is 2. The van der Waals surface area contributed by atoms with Gasteiger partial charge in [0.25, 0.3) is 0 Å². The zero-order valence-electron chi connectivity index (χ0n) is 13.4. The maximum atomic E-state index is 12.6. The first-order chi connectivity index (χ1) is 11.1. The highest BCUT2D eigenvalue weighted by atomic mass is 16.4. The Morgan fingerprint density at radius 3 is 2.91 bits per heavy atom. The summed E-state index contributed by atoms with van der Waals surface area (Å²) in [6.07, 6.45) is 5.36. The molecule has 1 saturated carbocycles. The number of rotatable bonds is 3. The second-order valence-corrected chi connectivity index (χ2v) is 7.30. The van der Waals surface area contributed by atoms with Crippen LogP contribution < -0.4 is 0 Å². The molecule has 1 aliphatic carbocycles. The van der Waals surface area contributed by atoms with Crippen LogP contribution in [0.5, 0.6) is 0 Å². The van der Waals surface area contributed by atoms with Gasteiger partial charge in [0, 0.05) is 37.4 Å². The molecule has 23 heavy (non-hydrogen) atoms. The predicted molar refractivity (Wildman–Crippen MR) is 82.9 cm³/mol. The summed E-state index contributed by atoms with van der Waals surface area (Å²) in [6.45, 7) is 4.45. The number of hydrogen-bond donors (Lipinski definition) is 1. The van der Waals surface area contributed by atoms with E-state index in [-0.39, 0.29) is 17.7 Å². The van der Waals surface area contributed by atoms with E-state index < -0.39 is 5.97 Å². The summed E-state index contributed by atoms with van der Waals surface area (Å²) in [5.74, 6) is 1.21. The summed E-state index contributed by atoms with van der Waals surface area (Å²) in [7, 11) is 0. The Morgan fingerprint density at radius 1 is 1.30 bits per heavy atom. The lowest BCUT2D eigenvalue weighted by atomic mass is 10.0. The molecule has 124 valence electrons. The molecular weight excluding hydrogens is 294 g/mol. The summed E-state index contributed by atoms with van der Waals surface area (Å²) in [4.78, 5) is 30.1. The number of amides is 1. The van der Waals surface area contributed by atoms with E-state index in [9.17, 15) is 9.59 Å². The number of carboxylic acids is 1. The van der Waals surface area contributed by atoms with Gasteiger partial charge in [-0.15, -0.1) is 0 Å². The molecule has 0 aromatic carbocycles. The van der Waals surface area contributed by atoms with Crippen molar-refractivity contribution in [2.45, 2.75) is 45.1 Å². The number of hydrogen-bond acceptors (Lipinski definition) is 3. The average Bonchev–Trinajstić information content (AvgIpc) is 3.12. The van der Waals surface area contributed by atoms with Gasteiger partial charge in [-0.3, -0.25) is 9.59 Å². The first kappa shape index (κ1) is 14.7. The smallest absolute Gasteiger partial charge is 0.307 e. The average molecular weight is 317 g/mol. The van der Waals surface area contributed by atoms with E-state index >= 15 is 0 Å². The molecule has 6 nitrogen and oxygen atoms in total. The first-order valence-electron chi connectivity index (χ1n) is 8.61. The molecule has 4 rings (SSSR count). The third-order valence-corrected chi connectivity index (χ3v) is 5.89. The largest absolute Gasteiger partial charge is 0.481 e. The fraction of sp³-hybridized carbons (Fsp3) is 0.706. The zero-order chi connectivity index (χ0) is 16.1. The number of fused-ring (bicyclic) bond motifs is 2. The van der Waals surface area contributed by atoms with Gasteiger partial charge in [0.1, 0.15) is 5.82 Å². The first-order valence-corrected chi connectivity index (χ1v) is 8.61. The summed E-state index contributed by atoms with van der Waals surface area (Å²) < 4.78 is 2.20. The van der Waals surface area contributed by atoms with Crippen molar-refractivity contribution in [3.05, 3.63) is 17.7 Å². The highest BCUT2D eigenvalue weighted by molar-refractivity contribution is 5.79. The van der Waals surface area contributed by atoms with Gasteiger partial charge in [-0.25, -0.2) is 4.98 Å². The number of carbonyl (C=O) groups excluding carboxylic acids is 1. The van der Waals surface area contributed by atoms with Crippen LogP contribution in [0.3, 0.4) is 0 Å². The van der Waals surface area contributed by atoms with Crippen molar-refractivity contribution in [3.63, 3.8) is 0 Å². The number of aromatic nitrogens is 2. The third kappa shape index (κ3) is 2.44. The maximum absolute atomic E-state index is 12.6. The van der Waals surface area contributed by atoms with Crippen LogP contribution in [0.4, 0.5) is 0 Å². The number of carboxylic acid groups (broad SMARTS) is 1. The SMILES string of the molecule is CC1CCCn2c(CC(=O)N3CC[C@H]4[C@@H](C3)[C@H]4C(=O)O)cnc21. The molecule has 1 amide bonds. The molecule has 0 radical (unpaired) electrons. The van der Waals surface area contributed by atoms with Gasteiger partial charge in [-0.1, -0.05) is 6.92 Å². The topological polar surface area (TPSA) is 75.4 Å². The van der Waals surface area contributed by atoms with Gasteiger partial charge in [0.15, 0.2) is 0 Å². The quantitative estimate of drug-likeness (QED) is 0.917. The Bertz CT molecular complexity index is 654. The van der Waals surface area contributed by atoms with Crippen molar-refractivity contribution in [2.75, 3.05) is 13.1 Å². The molecule has 1 saturated heterocycles. The molecule has 1 aromatic heterocycles. The van der Waals surface area contributed by atoms with Gasteiger partial charge < -0.3 is 14.6 Å². The van der Waals surface area contributed by atoms with E-state index in [1.165, 1.54) is 0 Å². The lowest BCUT2D eigenvalue weighted by molar-refractivity contribution is -0.139. The second-order valence-electron chi connectivity index (χ2n) is 7.30. The van der Waals surface area contributed by atoms with Crippen molar-refractivity contribution >= 4 is 11.9 Å². The number of imidazole rings is 1. The monoisotopic (exact) mass is 317 g/mol. The van der Waals surface area contributed by atoms with E-state index in [2.05, 4.69) is 16.5 Å². The molecule has 0 spiro atoms. The maximum Gasteiger partial charge on any atom is 0.307 e. The molecule has 2 fully saturated rings. The van der Waals surface area contributed by atoms with Crippen LogP contribution >= 0.6 is 0 Å². The van der Waals surface area contributed by atoms with Crippen LogP contribution in [0, 0.1) is 17.8 Å². The number of aliphatic carboxylic acids is 1. The van der Waals surface area contributed by atoms with Crippen LogP contribution in [0.1, 0.15) is 43.6 Å².